The first-order valence-electron chi connectivity index (χ1n) is 5.73. The van der Waals surface area contributed by atoms with E-state index in [0.717, 1.165) is 0 Å². The molecule has 0 bridgehead atoms. The monoisotopic (exact) mass is 234 g/mol. The number of hydrogen-bond acceptors (Lipinski definition) is 3. The third kappa shape index (κ3) is 3.66. The van der Waals surface area contributed by atoms with E-state index in [0.29, 0.717) is 18.0 Å². The minimum absolute atomic E-state index is 0.165. The number of anilines is 1. The van der Waals surface area contributed by atoms with Crippen LogP contribution in [0.25, 0.3) is 0 Å². The third-order valence-electron chi connectivity index (χ3n) is 2.48. The summed E-state index contributed by atoms with van der Waals surface area (Å²) < 4.78 is 0. The zero-order valence-corrected chi connectivity index (χ0v) is 10.5. The summed E-state index contributed by atoms with van der Waals surface area (Å²) in [5.74, 6) is 0.143. The molecule has 0 N–H and O–H groups in total. The molecule has 1 aromatic carbocycles. The van der Waals surface area contributed by atoms with Crippen molar-refractivity contribution in [1.82, 2.24) is 0 Å². The van der Waals surface area contributed by atoms with Crippen LogP contribution in [0.5, 0.6) is 0 Å². The highest BCUT2D eigenvalue weighted by atomic mass is 16.3. The predicted molar refractivity (Wildman–Crippen MR) is 68.6 cm³/mol. The molecule has 0 spiro atoms. The van der Waals surface area contributed by atoms with E-state index in [1.165, 1.54) is 11.8 Å². The Bertz CT molecular complexity index is 376. The largest absolute Gasteiger partial charge is 0.286 e. The van der Waals surface area contributed by atoms with Crippen molar-refractivity contribution in [2.24, 2.45) is 11.1 Å². The number of hydrogen-bond donors (Lipinski definition) is 0. The first-order chi connectivity index (χ1) is 8.06. The van der Waals surface area contributed by atoms with Crippen LogP contribution in [0.3, 0.4) is 0 Å². The SMILES string of the molecule is CC(=O)N(c1ccccc1)C(CC(C)C)N=O. The van der Waals surface area contributed by atoms with Crippen molar-refractivity contribution in [3.63, 3.8) is 0 Å². The molecule has 0 aliphatic rings. The quantitative estimate of drug-likeness (QED) is 0.735. The molecule has 4 heteroatoms. The maximum Gasteiger partial charge on any atom is 0.225 e. The van der Waals surface area contributed by atoms with Crippen LogP contribution in [0, 0.1) is 10.8 Å². The van der Waals surface area contributed by atoms with Crippen LogP contribution in [0.4, 0.5) is 5.69 Å². The van der Waals surface area contributed by atoms with Gasteiger partial charge in [-0.3, -0.25) is 9.69 Å². The van der Waals surface area contributed by atoms with Gasteiger partial charge in [-0.05, 0) is 29.6 Å². The van der Waals surface area contributed by atoms with E-state index >= 15 is 0 Å². The summed E-state index contributed by atoms with van der Waals surface area (Å²) in [5.41, 5.74) is 0.713. The molecule has 0 radical (unpaired) electrons. The fourth-order valence-corrected chi connectivity index (χ4v) is 1.77. The molecule has 17 heavy (non-hydrogen) atoms. The molecule has 0 heterocycles. The number of carbonyl (C=O) groups is 1. The number of rotatable bonds is 5. The van der Waals surface area contributed by atoms with Crippen molar-refractivity contribution in [3.05, 3.63) is 35.2 Å². The van der Waals surface area contributed by atoms with Crippen molar-refractivity contribution >= 4 is 11.6 Å². The molecule has 92 valence electrons. The number of amides is 1. The van der Waals surface area contributed by atoms with Gasteiger partial charge in [-0.1, -0.05) is 32.0 Å². The van der Waals surface area contributed by atoms with Crippen molar-refractivity contribution in [2.45, 2.75) is 33.4 Å². The molecule has 0 aliphatic heterocycles. The smallest absolute Gasteiger partial charge is 0.225 e. The summed E-state index contributed by atoms with van der Waals surface area (Å²) in [6.07, 6.45) is -0.0623. The molecule has 1 rings (SSSR count). The minimum atomic E-state index is -0.630. The van der Waals surface area contributed by atoms with Crippen molar-refractivity contribution < 1.29 is 4.79 Å². The Morgan fingerprint density at radius 2 is 1.88 bits per heavy atom. The Hall–Kier alpha value is -1.71. The number of para-hydroxylation sites is 1. The summed E-state index contributed by atoms with van der Waals surface area (Å²) >= 11 is 0. The number of benzene rings is 1. The van der Waals surface area contributed by atoms with Gasteiger partial charge in [0, 0.05) is 12.6 Å². The van der Waals surface area contributed by atoms with Gasteiger partial charge >= 0.3 is 0 Å². The molecule has 0 aliphatic carbocycles. The average molecular weight is 234 g/mol. The van der Waals surface area contributed by atoms with E-state index in [1.54, 1.807) is 12.1 Å². The molecule has 4 nitrogen and oxygen atoms in total. The molecule has 1 amide bonds. The Morgan fingerprint density at radius 3 is 2.29 bits per heavy atom. The van der Waals surface area contributed by atoms with Crippen LogP contribution in [0.2, 0.25) is 0 Å². The Balaban J connectivity index is 2.99. The second-order valence-corrected chi connectivity index (χ2v) is 4.44. The zero-order valence-electron chi connectivity index (χ0n) is 10.5. The van der Waals surface area contributed by atoms with E-state index in [9.17, 15) is 9.70 Å². The van der Waals surface area contributed by atoms with Crippen LogP contribution < -0.4 is 4.90 Å². The first-order valence-corrected chi connectivity index (χ1v) is 5.73. The van der Waals surface area contributed by atoms with Gasteiger partial charge in [0.15, 0.2) is 6.17 Å². The second-order valence-electron chi connectivity index (χ2n) is 4.44. The van der Waals surface area contributed by atoms with Crippen LogP contribution in [0.15, 0.2) is 35.5 Å². The van der Waals surface area contributed by atoms with Crippen molar-refractivity contribution in [2.75, 3.05) is 4.90 Å². The van der Waals surface area contributed by atoms with Gasteiger partial charge in [0.25, 0.3) is 0 Å². The molecule has 0 saturated heterocycles. The standard InChI is InChI=1S/C13H18N2O2/c1-10(2)9-13(14-17)15(11(3)16)12-7-5-4-6-8-12/h4-8,10,13H,9H2,1-3H3. The summed E-state index contributed by atoms with van der Waals surface area (Å²) in [6.45, 7) is 5.45. The lowest BCUT2D eigenvalue weighted by molar-refractivity contribution is -0.117. The first kappa shape index (κ1) is 13.4. The summed E-state index contributed by atoms with van der Waals surface area (Å²) in [6, 6.07) is 9.15. The summed E-state index contributed by atoms with van der Waals surface area (Å²) in [5, 5.41) is 3.08. The normalized spacial score (nSPS) is 12.2. The highest BCUT2D eigenvalue weighted by Gasteiger charge is 2.24. The summed E-state index contributed by atoms with van der Waals surface area (Å²) in [7, 11) is 0. The Kier molecular flexibility index (Phi) is 4.82. The summed E-state index contributed by atoms with van der Waals surface area (Å²) in [4.78, 5) is 24.0. The van der Waals surface area contributed by atoms with Gasteiger partial charge in [0.1, 0.15) is 0 Å². The zero-order chi connectivity index (χ0) is 12.8. The van der Waals surface area contributed by atoms with Gasteiger partial charge in [0.05, 0.1) is 0 Å². The molecular formula is C13H18N2O2. The second kappa shape index (κ2) is 6.13. The number of nitroso groups, excluding NO2 is 1. The lowest BCUT2D eigenvalue weighted by Gasteiger charge is -2.26. The van der Waals surface area contributed by atoms with E-state index in [1.807, 2.05) is 32.0 Å². The van der Waals surface area contributed by atoms with Crippen LogP contribution in [-0.2, 0) is 4.79 Å². The van der Waals surface area contributed by atoms with E-state index in [4.69, 9.17) is 0 Å². The maximum atomic E-state index is 11.7. The number of nitrogens with zero attached hydrogens (tertiary/aromatic N) is 2. The minimum Gasteiger partial charge on any atom is -0.286 e. The van der Waals surface area contributed by atoms with Crippen LogP contribution in [-0.4, -0.2) is 12.1 Å². The topological polar surface area (TPSA) is 49.7 Å². The molecule has 0 saturated carbocycles. The van der Waals surface area contributed by atoms with Crippen LogP contribution >= 0.6 is 0 Å². The van der Waals surface area contributed by atoms with Gasteiger partial charge in [-0.15, -0.1) is 4.91 Å². The van der Waals surface area contributed by atoms with Crippen molar-refractivity contribution in [1.29, 1.82) is 0 Å². The highest BCUT2D eigenvalue weighted by molar-refractivity contribution is 5.92. The van der Waals surface area contributed by atoms with E-state index in [-0.39, 0.29) is 5.91 Å². The van der Waals surface area contributed by atoms with E-state index in [2.05, 4.69) is 5.18 Å². The Morgan fingerprint density at radius 1 is 1.29 bits per heavy atom. The lowest BCUT2D eigenvalue weighted by atomic mass is 10.1. The Labute approximate surface area is 102 Å². The fourth-order valence-electron chi connectivity index (χ4n) is 1.77. The molecule has 1 atom stereocenters. The van der Waals surface area contributed by atoms with Gasteiger partial charge < -0.3 is 0 Å². The average Bonchev–Trinajstić information content (AvgIpc) is 2.28. The van der Waals surface area contributed by atoms with Gasteiger partial charge in [-0.2, -0.15) is 0 Å². The van der Waals surface area contributed by atoms with Gasteiger partial charge in [-0.25, -0.2) is 0 Å². The fraction of sp³-hybridized carbons (Fsp3) is 0.462. The third-order valence-corrected chi connectivity index (χ3v) is 2.48. The predicted octanol–water partition coefficient (Wildman–Crippen LogP) is 3.18. The molecule has 1 unspecified atom stereocenters. The van der Waals surface area contributed by atoms with Gasteiger partial charge in [0.2, 0.25) is 5.91 Å². The molecule has 0 fully saturated rings. The molecule has 1 aromatic rings. The van der Waals surface area contributed by atoms with Crippen LogP contribution in [0.1, 0.15) is 27.2 Å². The number of carbonyl (C=O) groups excluding carboxylic acids is 1. The van der Waals surface area contributed by atoms with E-state index < -0.39 is 6.17 Å². The highest BCUT2D eigenvalue weighted by Crippen LogP contribution is 2.21. The molecular weight excluding hydrogens is 216 g/mol. The molecule has 0 aromatic heterocycles. The maximum absolute atomic E-state index is 11.7. The lowest BCUT2D eigenvalue weighted by Crippen LogP contribution is -2.38. The van der Waals surface area contributed by atoms with Crippen molar-refractivity contribution in [3.8, 4) is 0 Å².